The largest absolute Gasteiger partial charge is 0.346 e. The van der Waals surface area contributed by atoms with Crippen LogP contribution in [0.15, 0.2) is 30.3 Å². The van der Waals surface area contributed by atoms with Crippen molar-refractivity contribution in [2.75, 3.05) is 38.5 Å². The third-order valence-corrected chi connectivity index (χ3v) is 8.05. The van der Waals surface area contributed by atoms with Crippen LogP contribution in [0, 0.1) is 0 Å². The standard InChI is InChI=1S/C20H27N3O5S/c1-3-29(26,27)22-13-17(24)23-15-20(28-19(23,2)14-22)9-11-21(12-10-20)18(25)16-7-5-4-6-8-16/h4-8H,3,9-15H2,1-2H3. The number of benzene rings is 1. The fraction of sp³-hybridized carbons (Fsp3) is 0.600. The monoisotopic (exact) mass is 421 g/mol. The maximum absolute atomic E-state index is 12.7. The number of hydrogen-bond acceptors (Lipinski definition) is 5. The van der Waals surface area contributed by atoms with Gasteiger partial charge in [0.1, 0.15) is 0 Å². The van der Waals surface area contributed by atoms with E-state index in [1.54, 1.807) is 18.7 Å². The Balaban J connectivity index is 1.47. The lowest BCUT2D eigenvalue weighted by Crippen LogP contribution is -2.62. The number of carbonyl (C=O) groups is 2. The second-order valence-corrected chi connectivity index (χ2v) is 10.5. The van der Waals surface area contributed by atoms with E-state index in [1.165, 1.54) is 4.31 Å². The summed E-state index contributed by atoms with van der Waals surface area (Å²) in [6.45, 7) is 4.90. The van der Waals surface area contributed by atoms with Gasteiger partial charge in [-0.2, -0.15) is 4.31 Å². The molecule has 9 heteroatoms. The molecule has 1 unspecified atom stereocenters. The smallest absolute Gasteiger partial charge is 0.253 e. The number of rotatable bonds is 3. The van der Waals surface area contributed by atoms with Crippen molar-refractivity contribution in [3.05, 3.63) is 35.9 Å². The van der Waals surface area contributed by atoms with Gasteiger partial charge in [-0.05, 0) is 38.8 Å². The van der Waals surface area contributed by atoms with Crippen LogP contribution in [0.25, 0.3) is 0 Å². The van der Waals surface area contributed by atoms with Gasteiger partial charge in [0.15, 0.2) is 5.72 Å². The molecule has 3 saturated heterocycles. The number of nitrogens with zero attached hydrogens (tertiary/aromatic N) is 3. The molecule has 3 fully saturated rings. The van der Waals surface area contributed by atoms with E-state index in [0.717, 1.165) is 0 Å². The summed E-state index contributed by atoms with van der Waals surface area (Å²) in [5.41, 5.74) is -0.844. The van der Waals surface area contributed by atoms with Gasteiger partial charge < -0.3 is 14.5 Å². The van der Waals surface area contributed by atoms with E-state index >= 15 is 0 Å². The molecule has 0 aromatic heterocycles. The molecule has 1 atom stereocenters. The third-order valence-electron chi connectivity index (χ3n) is 6.28. The van der Waals surface area contributed by atoms with E-state index < -0.39 is 21.3 Å². The highest BCUT2D eigenvalue weighted by molar-refractivity contribution is 7.89. The van der Waals surface area contributed by atoms with Gasteiger partial charge in [0, 0.05) is 18.7 Å². The average Bonchev–Trinajstić information content (AvgIpc) is 3.01. The zero-order valence-corrected chi connectivity index (χ0v) is 17.7. The van der Waals surface area contributed by atoms with Crippen molar-refractivity contribution in [1.29, 1.82) is 0 Å². The van der Waals surface area contributed by atoms with E-state index in [9.17, 15) is 18.0 Å². The van der Waals surface area contributed by atoms with Gasteiger partial charge in [-0.25, -0.2) is 8.42 Å². The average molecular weight is 422 g/mol. The first-order valence-electron chi connectivity index (χ1n) is 10.0. The lowest BCUT2D eigenvalue weighted by molar-refractivity contribution is -0.173. The highest BCUT2D eigenvalue weighted by Crippen LogP contribution is 2.43. The molecule has 0 aliphatic carbocycles. The second kappa shape index (κ2) is 7.07. The topological polar surface area (TPSA) is 87.2 Å². The van der Waals surface area contributed by atoms with Crippen LogP contribution < -0.4 is 0 Å². The molecule has 158 valence electrons. The maximum atomic E-state index is 12.7. The summed E-state index contributed by atoms with van der Waals surface area (Å²) < 4.78 is 32.3. The lowest BCUT2D eigenvalue weighted by Gasteiger charge is -2.43. The Labute approximate surface area is 171 Å². The molecule has 2 amide bonds. The summed E-state index contributed by atoms with van der Waals surface area (Å²) in [6, 6.07) is 9.19. The lowest BCUT2D eigenvalue weighted by atomic mass is 9.91. The Bertz CT molecular complexity index is 911. The second-order valence-electron chi connectivity index (χ2n) is 8.27. The van der Waals surface area contributed by atoms with Crippen LogP contribution in [0.2, 0.25) is 0 Å². The first kappa shape index (κ1) is 20.3. The summed E-state index contributed by atoms with van der Waals surface area (Å²) in [4.78, 5) is 28.9. The highest BCUT2D eigenvalue weighted by atomic mass is 32.2. The van der Waals surface area contributed by atoms with Gasteiger partial charge in [0.05, 0.1) is 31.0 Å². The van der Waals surface area contributed by atoms with Crippen molar-refractivity contribution in [1.82, 2.24) is 14.1 Å². The van der Waals surface area contributed by atoms with Gasteiger partial charge in [-0.1, -0.05) is 18.2 Å². The molecule has 0 N–H and O–H groups in total. The molecular weight excluding hydrogens is 394 g/mol. The molecule has 4 rings (SSSR count). The molecule has 1 spiro atoms. The van der Waals surface area contributed by atoms with Crippen LogP contribution >= 0.6 is 0 Å². The number of piperidine rings is 1. The minimum Gasteiger partial charge on any atom is -0.346 e. The molecule has 3 aliphatic rings. The number of piperazine rings is 1. The van der Waals surface area contributed by atoms with E-state index in [1.807, 2.05) is 35.2 Å². The number of fused-ring (bicyclic) bond motifs is 1. The number of sulfonamides is 1. The fourth-order valence-electron chi connectivity index (χ4n) is 4.62. The molecule has 0 saturated carbocycles. The maximum Gasteiger partial charge on any atom is 0.253 e. The number of hydrogen-bond donors (Lipinski definition) is 0. The summed E-state index contributed by atoms with van der Waals surface area (Å²) in [5.74, 6) is -0.271. The van der Waals surface area contributed by atoms with Crippen LogP contribution in [0.4, 0.5) is 0 Å². The van der Waals surface area contributed by atoms with Crippen LogP contribution in [0.1, 0.15) is 37.0 Å². The Morgan fingerprint density at radius 2 is 1.79 bits per heavy atom. The number of likely N-dealkylation sites (tertiary alicyclic amines) is 1. The van der Waals surface area contributed by atoms with Crippen LogP contribution in [0.3, 0.4) is 0 Å². The van der Waals surface area contributed by atoms with Crippen molar-refractivity contribution in [2.45, 2.75) is 38.0 Å². The molecule has 1 aromatic carbocycles. The van der Waals surface area contributed by atoms with Gasteiger partial charge in [-0.15, -0.1) is 0 Å². The Hall–Kier alpha value is -1.97. The number of ether oxygens (including phenoxy) is 1. The predicted molar refractivity (Wildman–Crippen MR) is 107 cm³/mol. The third kappa shape index (κ3) is 3.55. The number of amides is 2. The Morgan fingerprint density at radius 3 is 2.41 bits per heavy atom. The normalized spacial score (nSPS) is 27.3. The summed E-state index contributed by atoms with van der Waals surface area (Å²) in [5, 5.41) is 0. The zero-order chi connectivity index (χ0) is 20.9. The van der Waals surface area contributed by atoms with Crippen LogP contribution in [-0.4, -0.2) is 84.1 Å². The molecule has 0 bridgehead atoms. The van der Waals surface area contributed by atoms with Crippen LogP contribution in [0.5, 0.6) is 0 Å². The molecule has 3 aliphatic heterocycles. The van der Waals surface area contributed by atoms with Crippen molar-refractivity contribution in [2.24, 2.45) is 0 Å². The van der Waals surface area contributed by atoms with E-state index in [4.69, 9.17) is 4.74 Å². The Kier molecular flexibility index (Phi) is 4.95. The van der Waals surface area contributed by atoms with Crippen molar-refractivity contribution < 1.29 is 22.7 Å². The van der Waals surface area contributed by atoms with Crippen molar-refractivity contribution in [3.8, 4) is 0 Å². The predicted octanol–water partition coefficient (Wildman–Crippen LogP) is 0.902. The first-order chi connectivity index (χ1) is 13.7. The highest BCUT2D eigenvalue weighted by Gasteiger charge is 2.58. The molecule has 29 heavy (non-hydrogen) atoms. The molecule has 1 aromatic rings. The van der Waals surface area contributed by atoms with Crippen LogP contribution in [-0.2, 0) is 19.6 Å². The van der Waals surface area contributed by atoms with Crippen molar-refractivity contribution >= 4 is 21.8 Å². The molecular formula is C20H27N3O5S. The number of carbonyl (C=O) groups excluding carboxylic acids is 2. The minimum atomic E-state index is -3.47. The SMILES string of the molecule is CCS(=O)(=O)N1CC(=O)N2CC3(CCN(C(=O)c4ccccc4)CC3)OC2(C)C1. The van der Waals surface area contributed by atoms with Gasteiger partial charge in [0.25, 0.3) is 5.91 Å². The van der Waals surface area contributed by atoms with E-state index in [-0.39, 0.29) is 30.7 Å². The summed E-state index contributed by atoms with van der Waals surface area (Å²) in [6.07, 6.45) is 1.23. The minimum absolute atomic E-state index is 0.00123. The van der Waals surface area contributed by atoms with Gasteiger partial charge >= 0.3 is 0 Å². The quantitative estimate of drug-likeness (QED) is 0.724. The summed E-state index contributed by atoms with van der Waals surface area (Å²) >= 11 is 0. The van der Waals surface area contributed by atoms with E-state index in [2.05, 4.69) is 0 Å². The summed E-state index contributed by atoms with van der Waals surface area (Å²) in [7, 11) is -3.47. The Morgan fingerprint density at radius 1 is 1.14 bits per heavy atom. The van der Waals surface area contributed by atoms with Crippen molar-refractivity contribution in [3.63, 3.8) is 0 Å². The molecule has 3 heterocycles. The fourth-order valence-corrected chi connectivity index (χ4v) is 5.73. The van der Waals surface area contributed by atoms with Gasteiger partial charge in [-0.3, -0.25) is 9.59 Å². The van der Waals surface area contributed by atoms with E-state index in [0.29, 0.717) is 38.0 Å². The molecule has 8 nitrogen and oxygen atoms in total. The molecule has 0 radical (unpaired) electrons. The zero-order valence-electron chi connectivity index (χ0n) is 16.8. The van der Waals surface area contributed by atoms with Gasteiger partial charge in [0.2, 0.25) is 15.9 Å². The first-order valence-corrected chi connectivity index (χ1v) is 11.6.